The van der Waals surface area contributed by atoms with Gasteiger partial charge in [-0.1, -0.05) is 19.4 Å². The van der Waals surface area contributed by atoms with Crippen LogP contribution in [0.4, 0.5) is 37.0 Å². The largest absolute Gasteiger partial charge is 0.443 e. The number of halogens is 9. The summed E-state index contributed by atoms with van der Waals surface area (Å²) in [5.74, 6) is -5.86. The molecule has 0 radical (unpaired) electrons. The molecule has 1 heterocycles. The van der Waals surface area contributed by atoms with Crippen molar-refractivity contribution in [2.24, 2.45) is 7.05 Å². The van der Waals surface area contributed by atoms with Crippen LogP contribution in [0.5, 0.6) is 0 Å². The van der Waals surface area contributed by atoms with Crippen molar-refractivity contribution in [1.82, 2.24) is 4.57 Å². The molecule has 22 heavy (non-hydrogen) atoms. The second kappa shape index (κ2) is 4.71. The molecule has 0 aliphatic carbocycles. The number of aromatic nitrogens is 2. The summed E-state index contributed by atoms with van der Waals surface area (Å²) in [4.78, 5) is 0. The maximum atomic E-state index is 13.0. The molecule has 1 rings (SSSR count). The first kappa shape index (κ1) is 19.0. The molecule has 132 valence electrons. The summed E-state index contributed by atoms with van der Waals surface area (Å²) in [6.07, 6.45) is 1.73. The lowest BCUT2D eigenvalue weighted by atomic mass is 10.1. The summed E-state index contributed by atoms with van der Waals surface area (Å²) in [5, 5.41) is -7.34. The van der Waals surface area contributed by atoms with E-state index in [-0.39, 0.29) is 13.0 Å². The second-order valence-corrected chi connectivity index (χ2v) is 7.41. The molecule has 0 N–H and O–H groups in total. The van der Waals surface area contributed by atoms with Crippen LogP contribution >= 0.6 is 10.2 Å². The predicted molar refractivity (Wildman–Crippen MR) is 62.5 cm³/mol. The number of hydrogen-bond donors (Lipinski definition) is 0. The molecule has 0 amide bonds. The Balaban J connectivity index is 2.68. The zero-order valence-corrected chi connectivity index (χ0v) is 12.1. The van der Waals surface area contributed by atoms with Crippen LogP contribution in [0.15, 0.2) is 18.7 Å². The molecule has 0 saturated carbocycles. The summed E-state index contributed by atoms with van der Waals surface area (Å²) >= 11 is 0. The zero-order chi connectivity index (χ0) is 17.5. The summed E-state index contributed by atoms with van der Waals surface area (Å²) in [5.41, 5.74) is 0. The Hall–Kier alpha value is -1.07. The normalized spacial score (nSPS) is 17.2. The third kappa shape index (κ3) is 3.82. The van der Waals surface area contributed by atoms with Gasteiger partial charge in [-0.2, -0.15) is 17.6 Å². The summed E-state index contributed by atoms with van der Waals surface area (Å²) in [6.45, 7) is 0.0822. The highest BCUT2D eigenvalue weighted by atomic mass is 32.5. The lowest BCUT2D eigenvalue weighted by Gasteiger charge is -2.48. The monoisotopic (exact) mass is 365 g/mol. The molecule has 1 aromatic heterocycles. The smallest absolute Gasteiger partial charge is 0.240 e. The van der Waals surface area contributed by atoms with Crippen molar-refractivity contribution in [2.45, 2.75) is 37.0 Å². The molecule has 0 bridgehead atoms. The Morgan fingerprint density at radius 3 is 1.95 bits per heavy atom. The second-order valence-electron chi connectivity index (χ2n) is 4.96. The highest BCUT2D eigenvalue weighted by Gasteiger charge is 2.90. The van der Waals surface area contributed by atoms with Crippen molar-refractivity contribution in [3.05, 3.63) is 18.7 Å². The molecular weight excluding hydrogens is 351 g/mol. The average Bonchev–Trinajstić information content (AvgIpc) is 2.67. The van der Waals surface area contributed by atoms with Crippen LogP contribution in [0, 0.1) is 0 Å². The van der Waals surface area contributed by atoms with E-state index in [9.17, 15) is 37.0 Å². The predicted octanol–water partition coefficient (Wildman–Crippen LogP) is 5.01. The van der Waals surface area contributed by atoms with Crippen LogP contribution in [0.25, 0.3) is 0 Å². The molecule has 0 aromatic carbocycles. The summed E-state index contributed by atoms with van der Waals surface area (Å²) in [7, 11) is -10.00. The first-order valence-corrected chi connectivity index (χ1v) is 7.92. The standard InChI is InChI=1S/C10H14F9N2S/c1-20-6-7-21(8-20)5-3-2-4-9(11,12)10(13,14)22(15,16,17,18)19/h6-8H,2-5H2,1H3/q+1. The van der Waals surface area contributed by atoms with E-state index in [1.165, 1.54) is 17.1 Å². The van der Waals surface area contributed by atoms with Gasteiger partial charge in [-0.15, -0.1) is 0 Å². The van der Waals surface area contributed by atoms with Crippen molar-refractivity contribution >= 4 is 10.2 Å². The molecule has 0 atom stereocenters. The van der Waals surface area contributed by atoms with E-state index in [4.69, 9.17) is 0 Å². The lowest BCUT2D eigenvalue weighted by molar-refractivity contribution is -0.671. The van der Waals surface area contributed by atoms with Crippen molar-refractivity contribution in [1.29, 1.82) is 0 Å². The first-order valence-electron chi connectivity index (χ1n) is 5.96. The van der Waals surface area contributed by atoms with E-state index in [2.05, 4.69) is 0 Å². The Morgan fingerprint density at radius 2 is 1.55 bits per heavy atom. The van der Waals surface area contributed by atoms with E-state index >= 15 is 0 Å². The summed E-state index contributed by atoms with van der Waals surface area (Å²) < 4.78 is 114. The van der Waals surface area contributed by atoms with Gasteiger partial charge in [0.2, 0.25) is 6.33 Å². The van der Waals surface area contributed by atoms with Gasteiger partial charge in [0.25, 0.3) is 0 Å². The topological polar surface area (TPSA) is 8.81 Å². The quantitative estimate of drug-likeness (QED) is 0.365. The maximum Gasteiger partial charge on any atom is 0.443 e. The fourth-order valence-electron chi connectivity index (χ4n) is 1.70. The van der Waals surface area contributed by atoms with Gasteiger partial charge < -0.3 is 0 Å². The number of nitrogens with zero attached hydrogens (tertiary/aromatic N) is 2. The van der Waals surface area contributed by atoms with Crippen molar-refractivity contribution in [3.63, 3.8) is 0 Å². The molecule has 0 spiro atoms. The minimum Gasteiger partial charge on any atom is -0.240 e. The van der Waals surface area contributed by atoms with Gasteiger partial charge in [0, 0.05) is 6.42 Å². The third-order valence-electron chi connectivity index (χ3n) is 2.89. The van der Waals surface area contributed by atoms with Crippen LogP contribution < -0.4 is 4.57 Å². The van der Waals surface area contributed by atoms with E-state index in [1.54, 1.807) is 17.8 Å². The Kier molecular flexibility index (Phi) is 4.07. The number of imidazole rings is 1. The number of unbranched alkanes of at least 4 members (excludes halogenated alkanes) is 1. The van der Waals surface area contributed by atoms with Crippen LogP contribution in [0.3, 0.4) is 0 Å². The van der Waals surface area contributed by atoms with Gasteiger partial charge in [-0.05, 0) is 12.8 Å². The van der Waals surface area contributed by atoms with E-state index in [0.29, 0.717) is 0 Å². The first-order chi connectivity index (χ1) is 9.47. The number of rotatable bonds is 7. The highest BCUT2D eigenvalue weighted by Crippen LogP contribution is 3.05. The van der Waals surface area contributed by atoms with Crippen molar-refractivity contribution < 1.29 is 41.6 Å². The lowest BCUT2D eigenvalue weighted by Crippen LogP contribution is -2.48. The molecule has 0 unspecified atom stereocenters. The van der Waals surface area contributed by atoms with Gasteiger partial charge in [0.05, 0.1) is 13.6 Å². The van der Waals surface area contributed by atoms with Gasteiger partial charge >= 0.3 is 21.4 Å². The third-order valence-corrected chi connectivity index (χ3v) is 4.16. The fourth-order valence-corrected chi connectivity index (χ4v) is 2.37. The number of alkyl halides is 4. The number of aryl methyl sites for hydroxylation is 2. The van der Waals surface area contributed by atoms with Gasteiger partial charge in [0.1, 0.15) is 12.4 Å². The molecule has 0 aliphatic heterocycles. The Labute approximate surface area is 120 Å². The zero-order valence-electron chi connectivity index (χ0n) is 11.3. The van der Waals surface area contributed by atoms with Crippen molar-refractivity contribution in [3.8, 4) is 0 Å². The fraction of sp³-hybridized carbons (Fsp3) is 0.700. The molecule has 1 aromatic rings. The van der Waals surface area contributed by atoms with E-state index in [0.717, 1.165) is 0 Å². The minimum atomic E-state index is -11.7. The Bertz CT molecular complexity index is 534. The molecule has 2 nitrogen and oxygen atoms in total. The van der Waals surface area contributed by atoms with Crippen LogP contribution in [-0.4, -0.2) is 15.7 Å². The van der Waals surface area contributed by atoms with Gasteiger partial charge in [0.15, 0.2) is 0 Å². The molecule has 0 fully saturated rings. The van der Waals surface area contributed by atoms with Gasteiger partial charge in [-0.3, -0.25) is 0 Å². The van der Waals surface area contributed by atoms with Gasteiger partial charge in [-0.25, -0.2) is 9.13 Å². The molecule has 0 saturated heterocycles. The van der Waals surface area contributed by atoms with Crippen LogP contribution in [0.2, 0.25) is 0 Å². The van der Waals surface area contributed by atoms with Crippen LogP contribution in [0.1, 0.15) is 19.3 Å². The minimum absolute atomic E-state index is 0.0822. The molecular formula is C10H14F9N2S+. The Morgan fingerprint density at radius 1 is 1.00 bits per heavy atom. The molecule has 12 heteroatoms. The SMILES string of the molecule is C[n+]1ccn(CCCCC(F)(F)C(F)(F)S(F)(F)(F)(F)F)c1. The average molecular weight is 365 g/mol. The number of hydrogen-bond acceptors (Lipinski definition) is 0. The maximum absolute atomic E-state index is 13.0. The highest BCUT2D eigenvalue weighted by molar-refractivity contribution is 8.46. The molecule has 0 aliphatic rings. The van der Waals surface area contributed by atoms with Crippen molar-refractivity contribution in [2.75, 3.05) is 0 Å². The van der Waals surface area contributed by atoms with Crippen LogP contribution in [-0.2, 0) is 13.6 Å². The van der Waals surface area contributed by atoms with E-state index < -0.39 is 34.2 Å². The van der Waals surface area contributed by atoms with E-state index in [1.807, 2.05) is 0 Å². The summed E-state index contributed by atoms with van der Waals surface area (Å²) in [6, 6.07) is 0.